The smallest absolute Gasteiger partial charge is 0.270 e. The van der Waals surface area contributed by atoms with Gasteiger partial charge in [-0.05, 0) is 68.5 Å². The van der Waals surface area contributed by atoms with Gasteiger partial charge in [0.2, 0.25) is 11.8 Å². The zero-order valence-corrected chi connectivity index (χ0v) is 20.5. The largest absolute Gasteiger partial charge is 0.376 e. The van der Waals surface area contributed by atoms with E-state index in [1.54, 1.807) is 6.07 Å². The first-order valence-corrected chi connectivity index (χ1v) is 12.1. The lowest BCUT2D eigenvalue weighted by Gasteiger charge is -2.28. The molecule has 3 amide bonds. The normalized spacial score (nSPS) is 17.8. The van der Waals surface area contributed by atoms with Crippen LogP contribution in [-0.4, -0.2) is 54.1 Å². The Balaban J connectivity index is 1.55. The average Bonchev–Trinajstić information content (AvgIpc) is 3.35. The van der Waals surface area contributed by atoms with Crippen molar-refractivity contribution in [1.29, 1.82) is 0 Å². The van der Waals surface area contributed by atoms with Crippen molar-refractivity contribution in [3.8, 4) is 0 Å². The van der Waals surface area contributed by atoms with E-state index in [2.05, 4.69) is 10.4 Å². The maximum atomic E-state index is 13.6. The van der Waals surface area contributed by atoms with Crippen LogP contribution >= 0.6 is 0 Å². The molecule has 2 heterocycles. The highest BCUT2D eigenvalue weighted by molar-refractivity contribution is 6.40. The number of aryl methyl sites for hydroxylation is 2. The van der Waals surface area contributed by atoms with E-state index in [1.807, 2.05) is 57.2 Å². The highest BCUT2D eigenvalue weighted by atomic mass is 16.5. The van der Waals surface area contributed by atoms with Gasteiger partial charge in [-0.1, -0.05) is 24.3 Å². The summed E-state index contributed by atoms with van der Waals surface area (Å²) in [7, 11) is 0. The minimum Gasteiger partial charge on any atom is -0.376 e. The third kappa shape index (κ3) is 5.95. The van der Waals surface area contributed by atoms with E-state index in [0.29, 0.717) is 18.8 Å². The Morgan fingerprint density at radius 3 is 2.69 bits per heavy atom. The molecule has 0 saturated carbocycles. The van der Waals surface area contributed by atoms with Crippen molar-refractivity contribution in [2.75, 3.05) is 30.0 Å². The molecule has 4 rings (SSSR count). The summed E-state index contributed by atoms with van der Waals surface area (Å²) in [5.41, 5.74) is 4.68. The third-order valence-electron chi connectivity index (χ3n) is 6.47. The molecule has 0 aliphatic carbocycles. The molecule has 0 aromatic heterocycles. The maximum absolute atomic E-state index is 13.6. The zero-order chi connectivity index (χ0) is 24.9. The van der Waals surface area contributed by atoms with Crippen LogP contribution in [0.1, 0.15) is 42.4 Å². The Labute approximate surface area is 205 Å². The van der Waals surface area contributed by atoms with Gasteiger partial charge in [0.1, 0.15) is 12.3 Å². The molecule has 1 atom stereocenters. The second kappa shape index (κ2) is 10.8. The van der Waals surface area contributed by atoms with E-state index in [0.717, 1.165) is 35.2 Å². The first kappa shape index (κ1) is 24.6. The summed E-state index contributed by atoms with van der Waals surface area (Å²) >= 11 is 0. The Hall–Kier alpha value is -3.52. The number of ether oxygens (including phenoxy) is 1. The predicted octanol–water partition coefficient (Wildman–Crippen LogP) is 3.74. The summed E-state index contributed by atoms with van der Waals surface area (Å²) in [5.74, 6) is -0.791. The standard InChI is InChI=1S/C27H32N4O4/c1-18-7-4-9-21(15-18)31-26(33)13-12-24(29-31)27(34)30(16-22-10-6-14-35-22)17-25(32)28-23-11-5-8-19(2)20(23)3/h4-5,7-9,11,15,22H,6,10,12-14,16-17H2,1-3H3,(H,28,32). The number of benzene rings is 2. The molecule has 1 saturated heterocycles. The van der Waals surface area contributed by atoms with Gasteiger partial charge in [0.15, 0.2) is 0 Å². The lowest BCUT2D eigenvalue weighted by atomic mass is 10.1. The molecular formula is C27H32N4O4. The van der Waals surface area contributed by atoms with Crippen molar-refractivity contribution in [2.45, 2.75) is 52.6 Å². The lowest BCUT2D eigenvalue weighted by molar-refractivity contribution is -0.130. The Morgan fingerprint density at radius 2 is 1.94 bits per heavy atom. The van der Waals surface area contributed by atoms with Crippen molar-refractivity contribution in [1.82, 2.24) is 4.90 Å². The molecule has 1 unspecified atom stereocenters. The summed E-state index contributed by atoms with van der Waals surface area (Å²) in [6.45, 7) is 6.71. The van der Waals surface area contributed by atoms with Crippen LogP contribution in [0.2, 0.25) is 0 Å². The van der Waals surface area contributed by atoms with Crippen LogP contribution in [0.5, 0.6) is 0 Å². The van der Waals surface area contributed by atoms with Crippen molar-refractivity contribution in [3.63, 3.8) is 0 Å². The van der Waals surface area contributed by atoms with Gasteiger partial charge in [0.25, 0.3) is 5.91 Å². The fourth-order valence-corrected chi connectivity index (χ4v) is 4.35. The Morgan fingerprint density at radius 1 is 1.14 bits per heavy atom. The van der Waals surface area contributed by atoms with Crippen molar-refractivity contribution in [2.24, 2.45) is 5.10 Å². The Bertz CT molecular complexity index is 1150. The van der Waals surface area contributed by atoms with Crippen LogP contribution in [0, 0.1) is 20.8 Å². The van der Waals surface area contributed by atoms with Gasteiger partial charge in [-0.2, -0.15) is 5.10 Å². The highest BCUT2D eigenvalue weighted by Crippen LogP contribution is 2.23. The van der Waals surface area contributed by atoms with Gasteiger partial charge < -0.3 is 15.0 Å². The van der Waals surface area contributed by atoms with Gasteiger partial charge in [0.05, 0.1) is 11.8 Å². The number of carbonyl (C=O) groups excluding carboxylic acids is 3. The average molecular weight is 477 g/mol. The van der Waals surface area contributed by atoms with Gasteiger partial charge in [-0.15, -0.1) is 0 Å². The summed E-state index contributed by atoms with van der Waals surface area (Å²) in [4.78, 5) is 40.6. The number of hydrogen-bond acceptors (Lipinski definition) is 5. The molecule has 2 aromatic rings. The summed E-state index contributed by atoms with van der Waals surface area (Å²) in [6, 6.07) is 13.2. The van der Waals surface area contributed by atoms with Gasteiger partial charge >= 0.3 is 0 Å². The number of carbonyl (C=O) groups is 3. The molecule has 2 aliphatic heterocycles. The van der Waals surface area contributed by atoms with Crippen LogP contribution in [0.15, 0.2) is 47.6 Å². The minimum absolute atomic E-state index is 0.119. The van der Waals surface area contributed by atoms with E-state index >= 15 is 0 Å². The van der Waals surface area contributed by atoms with Gasteiger partial charge in [-0.25, -0.2) is 5.01 Å². The summed E-state index contributed by atoms with van der Waals surface area (Å²) < 4.78 is 5.75. The van der Waals surface area contributed by atoms with Gasteiger partial charge in [-0.3, -0.25) is 14.4 Å². The SMILES string of the molecule is Cc1cccc(N2N=C(C(=O)N(CC(=O)Nc3cccc(C)c3C)CC3CCCO3)CCC2=O)c1. The molecule has 1 N–H and O–H groups in total. The first-order valence-electron chi connectivity index (χ1n) is 12.1. The molecule has 0 radical (unpaired) electrons. The molecule has 35 heavy (non-hydrogen) atoms. The number of anilines is 2. The van der Waals surface area contributed by atoms with Crippen LogP contribution in [0.3, 0.4) is 0 Å². The van der Waals surface area contributed by atoms with E-state index in [1.165, 1.54) is 9.91 Å². The molecular weight excluding hydrogens is 444 g/mol. The predicted molar refractivity (Wildman–Crippen MR) is 135 cm³/mol. The van der Waals surface area contributed by atoms with E-state index in [4.69, 9.17) is 4.74 Å². The molecule has 2 aromatic carbocycles. The van der Waals surface area contributed by atoms with E-state index < -0.39 is 0 Å². The van der Waals surface area contributed by atoms with Crippen LogP contribution in [0.4, 0.5) is 11.4 Å². The number of amides is 3. The summed E-state index contributed by atoms with van der Waals surface area (Å²) in [6.07, 6.45) is 2.06. The molecule has 8 nitrogen and oxygen atoms in total. The second-order valence-corrected chi connectivity index (χ2v) is 9.21. The topological polar surface area (TPSA) is 91.3 Å². The molecule has 184 valence electrons. The van der Waals surface area contributed by atoms with Crippen molar-refractivity contribution in [3.05, 3.63) is 59.2 Å². The van der Waals surface area contributed by atoms with Gasteiger partial charge in [0, 0.05) is 31.7 Å². The number of rotatable bonds is 7. The van der Waals surface area contributed by atoms with Crippen LogP contribution < -0.4 is 10.3 Å². The molecule has 8 heteroatoms. The number of nitrogens with one attached hydrogen (secondary N) is 1. The van der Waals surface area contributed by atoms with E-state index in [9.17, 15) is 14.4 Å². The lowest BCUT2D eigenvalue weighted by Crippen LogP contribution is -2.47. The quantitative estimate of drug-likeness (QED) is 0.659. The molecule has 2 aliphatic rings. The second-order valence-electron chi connectivity index (χ2n) is 9.21. The molecule has 0 bridgehead atoms. The first-order chi connectivity index (χ1) is 16.8. The van der Waals surface area contributed by atoms with Crippen molar-refractivity contribution < 1.29 is 19.1 Å². The van der Waals surface area contributed by atoms with E-state index in [-0.39, 0.29) is 48.9 Å². The monoisotopic (exact) mass is 476 g/mol. The highest BCUT2D eigenvalue weighted by Gasteiger charge is 2.31. The van der Waals surface area contributed by atoms with Crippen LogP contribution in [-0.2, 0) is 19.1 Å². The number of hydrogen-bond donors (Lipinski definition) is 1. The van der Waals surface area contributed by atoms with Crippen LogP contribution in [0.25, 0.3) is 0 Å². The fourth-order valence-electron chi connectivity index (χ4n) is 4.35. The molecule has 1 fully saturated rings. The minimum atomic E-state index is -0.346. The van der Waals surface area contributed by atoms with Crippen molar-refractivity contribution >= 4 is 34.8 Å². The number of nitrogens with zero attached hydrogens (tertiary/aromatic N) is 3. The maximum Gasteiger partial charge on any atom is 0.270 e. The zero-order valence-electron chi connectivity index (χ0n) is 20.5. The third-order valence-corrected chi connectivity index (χ3v) is 6.47. The Kier molecular flexibility index (Phi) is 7.60. The number of hydrazone groups is 1. The fraction of sp³-hybridized carbons (Fsp3) is 0.407. The summed E-state index contributed by atoms with van der Waals surface area (Å²) in [5, 5.41) is 8.65. The molecule has 0 spiro atoms.